The monoisotopic (exact) mass is 198 g/mol. The highest BCUT2D eigenvalue weighted by atomic mass is 32.2. The van der Waals surface area contributed by atoms with Crippen LogP contribution in [0, 0.1) is 0 Å². The van der Waals surface area contributed by atoms with Crippen molar-refractivity contribution in [2.24, 2.45) is 0 Å². The van der Waals surface area contributed by atoms with Crippen molar-refractivity contribution in [3.05, 3.63) is 22.9 Å². The third-order valence-electron chi connectivity index (χ3n) is 2.35. The Labute approximate surface area is 81.7 Å². The van der Waals surface area contributed by atoms with E-state index in [2.05, 4.69) is 6.26 Å². The maximum absolute atomic E-state index is 11.7. The molecule has 1 aliphatic rings. The second kappa shape index (κ2) is 3.62. The molecule has 72 valence electrons. The molecule has 2 rings (SSSR count). The minimum atomic E-state index is 0.163. The molecule has 4 heteroatoms. The highest BCUT2D eigenvalue weighted by Gasteiger charge is 2.25. The van der Waals surface area contributed by atoms with Crippen LogP contribution in [0.3, 0.4) is 0 Å². The van der Waals surface area contributed by atoms with E-state index in [9.17, 15) is 4.79 Å². The van der Waals surface area contributed by atoms with Crippen LogP contribution >= 0.6 is 11.8 Å². The summed E-state index contributed by atoms with van der Waals surface area (Å²) in [5.74, 6) is 1.01. The van der Waals surface area contributed by atoms with E-state index in [1.54, 1.807) is 16.3 Å². The van der Waals surface area contributed by atoms with E-state index in [4.69, 9.17) is 0 Å². The number of hydrogen-bond acceptors (Lipinski definition) is 2. The fourth-order valence-corrected chi connectivity index (χ4v) is 1.80. The maximum Gasteiger partial charge on any atom is 0.328 e. The summed E-state index contributed by atoms with van der Waals surface area (Å²) >= 11 is 1.77. The second-order valence-corrected chi connectivity index (χ2v) is 4.39. The Bertz CT molecular complexity index is 338. The molecule has 1 heterocycles. The molecule has 3 nitrogen and oxygen atoms in total. The van der Waals surface area contributed by atoms with Crippen molar-refractivity contribution in [3.8, 4) is 0 Å². The normalized spacial score (nSPS) is 16.4. The molecule has 0 saturated heterocycles. The van der Waals surface area contributed by atoms with Gasteiger partial charge in [-0.25, -0.2) is 4.79 Å². The van der Waals surface area contributed by atoms with Gasteiger partial charge in [-0.15, -0.1) is 0 Å². The summed E-state index contributed by atoms with van der Waals surface area (Å²) in [6, 6.07) is 0.503. The number of aryl methyl sites for hydroxylation is 1. The molecular weight excluding hydrogens is 184 g/mol. The van der Waals surface area contributed by atoms with Gasteiger partial charge in [0, 0.05) is 30.7 Å². The van der Waals surface area contributed by atoms with Gasteiger partial charge in [-0.1, -0.05) is 0 Å². The summed E-state index contributed by atoms with van der Waals surface area (Å²) in [6.07, 6.45) is 8.22. The van der Waals surface area contributed by atoms with Crippen LogP contribution in [0.5, 0.6) is 0 Å². The van der Waals surface area contributed by atoms with Crippen molar-refractivity contribution in [2.45, 2.75) is 25.4 Å². The molecule has 0 unspecified atom stereocenters. The van der Waals surface area contributed by atoms with Gasteiger partial charge in [0.05, 0.1) is 0 Å². The number of thioether (sulfide) groups is 1. The van der Waals surface area contributed by atoms with Crippen LogP contribution in [0.15, 0.2) is 17.2 Å². The van der Waals surface area contributed by atoms with Crippen molar-refractivity contribution < 1.29 is 0 Å². The maximum atomic E-state index is 11.7. The van der Waals surface area contributed by atoms with E-state index in [-0.39, 0.29) is 5.69 Å². The summed E-state index contributed by atoms with van der Waals surface area (Å²) in [4.78, 5) is 11.7. The molecule has 0 spiro atoms. The number of nitrogens with zero attached hydrogens (tertiary/aromatic N) is 2. The number of rotatable bonds is 4. The molecule has 0 N–H and O–H groups in total. The lowest BCUT2D eigenvalue weighted by Gasteiger charge is -1.98. The Balaban J connectivity index is 2.13. The largest absolute Gasteiger partial charge is 0.328 e. The van der Waals surface area contributed by atoms with E-state index in [1.807, 2.05) is 17.0 Å². The molecule has 0 aromatic carbocycles. The Kier molecular flexibility index (Phi) is 2.49. The first kappa shape index (κ1) is 8.94. The van der Waals surface area contributed by atoms with Crippen LogP contribution in [0.2, 0.25) is 0 Å². The Hall–Kier alpha value is -0.640. The predicted molar refractivity (Wildman–Crippen MR) is 55.3 cm³/mol. The van der Waals surface area contributed by atoms with Crippen LogP contribution in [-0.2, 0) is 6.54 Å². The van der Waals surface area contributed by atoms with Gasteiger partial charge in [0.25, 0.3) is 0 Å². The number of aromatic nitrogens is 2. The second-order valence-electron chi connectivity index (χ2n) is 3.41. The molecule has 0 aliphatic heterocycles. The molecule has 0 amide bonds. The van der Waals surface area contributed by atoms with Crippen molar-refractivity contribution in [2.75, 3.05) is 12.0 Å². The Morgan fingerprint density at radius 1 is 1.54 bits per heavy atom. The molecular formula is C9H14N2OS. The van der Waals surface area contributed by atoms with Gasteiger partial charge in [-0.3, -0.25) is 9.13 Å². The van der Waals surface area contributed by atoms with Gasteiger partial charge in [-0.05, 0) is 19.1 Å². The molecule has 0 bridgehead atoms. The van der Waals surface area contributed by atoms with Crippen LogP contribution in [0.25, 0.3) is 0 Å². The van der Waals surface area contributed by atoms with Crippen LogP contribution in [0.1, 0.15) is 18.9 Å². The van der Waals surface area contributed by atoms with E-state index in [1.165, 1.54) is 12.8 Å². The first-order valence-corrected chi connectivity index (χ1v) is 5.98. The van der Waals surface area contributed by atoms with E-state index < -0.39 is 0 Å². The van der Waals surface area contributed by atoms with Crippen molar-refractivity contribution >= 4 is 11.8 Å². The van der Waals surface area contributed by atoms with Crippen molar-refractivity contribution in [3.63, 3.8) is 0 Å². The highest BCUT2D eigenvalue weighted by Crippen LogP contribution is 2.33. The van der Waals surface area contributed by atoms with E-state index >= 15 is 0 Å². The molecule has 1 fully saturated rings. The Morgan fingerprint density at radius 3 is 2.92 bits per heavy atom. The lowest BCUT2D eigenvalue weighted by atomic mass is 10.7. The van der Waals surface area contributed by atoms with E-state index in [0.717, 1.165) is 12.3 Å². The average Bonchev–Trinajstić information content (AvgIpc) is 2.89. The SMILES string of the molecule is CSCCn1ccn(C2CC2)c1=O. The van der Waals surface area contributed by atoms with Gasteiger partial charge in [0.2, 0.25) is 0 Å². The summed E-state index contributed by atoms with van der Waals surface area (Å²) in [5.41, 5.74) is 0.163. The van der Waals surface area contributed by atoms with Crippen molar-refractivity contribution in [1.29, 1.82) is 0 Å². The summed E-state index contributed by atoms with van der Waals surface area (Å²) in [6.45, 7) is 0.833. The zero-order chi connectivity index (χ0) is 9.26. The lowest BCUT2D eigenvalue weighted by molar-refractivity contribution is 0.648. The first-order chi connectivity index (χ1) is 6.33. The number of hydrogen-bond donors (Lipinski definition) is 0. The molecule has 1 saturated carbocycles. The zero-order valence-corrected chi connectivity index (χ0v) is 8.59. The molecule has 0 radical (unpaired) electrons. The van der Waals surface area contributed by atoms with E-state index in [0.29, 0.717) is 6.04 Å². The third kappa shape index (κ3) is 1.82. The summed E-state index contributed by atoms with van der Waals surface area (Å²) in [5, 5.41) is 0. The smallest absolute Gasteiger partial charge is 0.298 e. The zero-order valence-electron chi connectivity index (χ0n) is 7.77. The highest BCUT2D eigenvalue weighted by molar-refractivity contribution is 7.98. The van der Waals surface area contributed by atoms with Gasteiger partial charge >= 0.3 is 5.69 Å². The topological polar surface area (TPSA) is 26.9 Å². The fraction of sp³-hybridized carbons (Fsp3) is 0.667. The summed E-state index contributed by atoms with van der Waals surface area (Å²) < 4.78 is 3.66. The molecule has 1 aliphatic carbocycles. The third-order valence-corrected chi connectivity index (χ3v) is 2.94. The van der Waals surface area contributed by atoms with Gasteiger partial charge in [0.15, 0.2) is 0 Å². The quantitative estimate of drug-likeness (QED) is 0.730. The van der Waals surface area contributed by atoms with Gasteiger partial charge in [-0.2, -0.15) is 11.8 Å². The number of imidazole rings is 1. The Morgan fingerprint density at radius 2 is 2.31 bits per heavy atom. The standard InChI is InChI=1S/C9H14N2OS/c1-13-7-6-10-4-5-11(9(10)12)8-2-3-8/h4-5,8H,2-3,6-7H2,1H3. The van der Waals surface area contributed by atoms with Gasteiger partial charge < -0.3 is 0 Å². The van der Waals surface area contributed by atoms with Crippen LogP contribution < -0.4 is 5.69 Å². The van der Waals surface area contributed by atoms with Crippen LogP contribution in [-0.4, -0.2) is 21.1 Å². The summed E-state index contributed by atoms with van der Waals surface area (Å²) in [7, 11) is 0. The molecule has 1 aromatic heterocycles. The minimum Gasteiger partial charge on any atom is -0.298 e. The van der Waals surface area contributed by atoms with Gasteiger partial charge in [0.1, 0.15) is 0 Å². The fourth-order valence-electron chi connectivity index (χ4n) is 1.42. The molecule has 13 heavy (non-hydrogen) atoms. The lowest BCUT2D eigenvalue weighted by Crippen LogP contribution is -2.24. The average molecular weight is 198 g/mol. The first-order valence-electron chi connectivity index (χ1n) is 4.59. The minimum absolute atomic E-state index is 0.163. The van der Waals surface area contributed by atoms with Crippen LogP contribution in [0.4, 0.5) is 0 Å². The van der Waals surface area contributed by atoms with Crippen molar-refractivity contribution in [1.82, 2.24) is 9.13 Å². The molecule has 1 aromatic rings. The predicted octanol–water partition coefficient (Wildman–Crippen LogP) is 1.35. The molecule has 0 atom stereocenters.